The molecule has 2 nitrogen and oxygen atoms in total. The van der Waals surface area contributed by atoms with E-state index in [9.17, 15) is 0 Å². The van der Waals surface area contributed by atoms with Gasteiger partial charge in [0.15, 0.2) is 0 Å². The molecule has 1 aromatic rings. The Morgan fingerprint density at radius 2 is 2.00 bits per heavy atom. The quantitative estimate of drug-likeness (QED) is 0.767. The molecule has 0 atom stereocenters. The SMILES string of the molecule is CCC(CC)N1Cc2cccc(N)c2C1. The third-order valence-electron chi connectivity index (χ3n) is 3.50. The van der Waals surface area contributed by atoms with E-state index in [0.717, 1.165) is 18.8 Å². The van der Waals surface area contributed by atoms with Gasteiger partial charge in [-0.3, -0.25) is 4.90 Å². The summed E-state index contributed by atoms with van der Waals surface area (Å²) in [5.41, 5.74) is 9.72. The largest absolute Gasteiger partial charge is 0.398 e. The van der Waals surface area contributed by atoms with Crippen LogP contribution in [0.3, 0.4) is 0 Å². The van der Waals surface area contributed by atoms with Gasteiger partial charge in [0.2, 0.25) is 0 Å². The van der Waals surface area contributed by atoms with Gasteiger partial charge >= 0.3 is 0 Å². The van der Waals surface area contributed by atoms with Crippen LogP contribution in [-0.4, -0.2) is 10.9 Å². The zero-order valence-electron chi connectivity index (χ0n) is 9.66. The van der Waals surface area contributed by atoms with Crippen molar-refractivity contribution in [2.45, 2.75) is 45.8 Å². The van der Waals surface area contributed by atoms with Crippen LogP contribution in [0.25, 0.3) is 0 Å². The number of nitrogens with two attached hydrogens (primary N) is 1. The van der Waals surface area contributed by atoms with Gasteiger partial charge in [0.05, 0.1) is 0 Å². The summed E-state index contributed by atoms with van der Waals surface area (Å²) in [7, 11) is 0. The van der Waals surface area contributed by atoms with E-state index in [1.807, 2.05) is 6.07 Å². The highest BCUT2D eigenvalue weighted by Crippen LogP contribution is 2.30. The molecule has 82 valence electrons. The Balaban J connectivity index is 2.18. The lowest BCUT2D eigenvalue weighted by molar-refractivity contribution is 0.188. The molecule has 1 heterocycles. The molecule has 15 heavy (non-hydrogen) atoms. The Bertz CT molecular complexity index is 342. The predicted octanol–water partition coefficient (Wildman–Crippen LogP) is 2.77. The van der Waals surface area contributed by atoms with Crippen LogP contribution in [0.4, 0.5) is 5.69 Å². The molecule has 2 N–H and O–H groups in total. The summed E-state index contributed by atoms with van der Waals surface area (Å²) in [5, 5.41) is 0. The number of rotatable bonds is 3. The maximum Gasteiger partial charge on any atom is 0.0363 e. The van der Waals surface area contributed by atoms with Crippen LogP contribution >= 0.6 is 0 Å². The third-order valence-corrected chi connectivity index (χ3v) is 3.50. The molecule has 2 heteroatoms. The Hall–Kier alpha value is -1.02. The summed E-state index contributed by atoms with van der Waals surface area (Å²) >= 11 is 0. The summed E-state index contributed by atoms with van der Waals surface area (Å²) in [4.78, 5) is 2.54. The molecule has 0 aromatic heterocycles. The van der Waals surface area contributed by atoms with Gasteiger partial charge in [0.1, 0.15) is 0 Å². The number of nitrogens with zero attached hydrogens (tertiary/aromatic N) is 1. The maximum absolute atomic E-state index is 5.99. The molecule has 0 amide bonds. The van der Waals surface area contributed by atoms with Crippen LogP contribution < -0.4 is 5.73 Å². The Labute approximate surface area is 92.1 Å². The van der Waals surface area contributed by atoms with Crippen LogP contribution in [0, 0.1) is 0 Å². The Morgan fingerprint density at radius 1 is 1.27 bits per heavy atom. The lowest BCUT2D eigenvalue weighted by Crippen LogP contribution is -2.29. The second kappa shape index (κ2) is 4.23. The van der Waals surface area contributed by atoms with Gasteiger partial charge in [0, 0.05) is 24.8 Å². The highest BCUT2D eigenvalue weighted by Gasteiger charge is 2.24. The minimum Gasteiger partial charge on any atom is -0.398 e. The molecule has 0 aliphatic carbocycles. The monoisotopic (exact) mass is 204 g/mol. The number of hydrogen-bond donors (Lipinski definition) is 1. The van der Waals surface area contributed by atoms with Crippen molar-refractivity contribution in [2.24, 2.45) is 0 Å². The fraction of sp³-hybridized carbons (Fsp3) is 0.538. The zero-order chi connectivity index (χ0) is 10.8. The number of benzene rings is 1. The van der Waals surface area contributed by atoms with Crippen molar-refractivity contribution in [2.75, 3.05) is 5.73 Å². The first kappa shape index (κ1) is 10.5. The number of nitrogen functional groups attached to an aromatic ring is 1. The summed E-state index contributed by atoms with van der Waals surface area (Å²) in [6, 6.07) is 6.98. The molecule has 1 aliphatic heterocycles. The molecule has 0 bridgehead atoms. The van der Waals surface area contributed by atoms with Crippen molar-refractivity contribution in [3.8, 4) is 0 Å². The van der Waals surface area contributed by atoms with Crippen molar-refractivity contribution < 1.29 is 0 Å². The molecule has 0 radical (unpaired) electrons. The highest BCUT2D eigenvalue weighted by molar-refractivity contribution is 5.52. The molecule has 2 rings (SSSR count). The van der Waals surface area contributed by atoms with E-state index < -0.39 is 0 Å². The fourth-order valence-electron chi connectivity index (χ4n) is 2.54. The first-order chi connectivity index (χ1) is 7.26. The van der Waals surface area contributed by atoms with Gasteiger partial charge in [-0.25, -0.2) is 0 Å². The smallest absolute Gasteiger partial charge is 0.0363 e. The lowest BCUT2D eigenvalue weighted by atomic mass is 10.1. The Kier molecular flexibility index (Phi) is 2.96. The van der Waals surface area contributed by atoms with Gasteiger partial charge < -0.3 is 5.73 Å². The molecule has 0 fully saturated rings. The van der Waals surface area contributed by atoms with Gasteiger partial charge in [-0.15, -0.1) is 0 Å². The van der Waals surface area contributed by atoms with E-state index in [1.165, 1.54) is 24.0 Å². The van der Waals surface area contributed by atoms with E-state index in [1.54, 1.807) is 0 Å². The normalized spacial score (nSPS) is 15.9. The van der Waals surface area contributed by atoms with Crippen LogP contribution in [0.1, 0.15) is 37.8 Å². The molecule has 0 saturated heterocycles. The van der Waals surface area contributed by atoms with Gasteiger partial charge in [0.25, 0.3) is 0 Å². The summed E-state index contributed by atoms with van der Waals surface area (Å²) < 4.78 is 0. The molecular weight excluding hydrogens is 184 g/mol. The Morgan fingerprint density at radius 3 is 2.60 bits per heavy atom. The molecular formula is C13H20N2. The first-order valence-corrected chi connectivity index (χ1v) is 5.86. The van der Waals surface area contributed by atoms with Gasteiger partial charge in [-0.05, 0) is 30.0 Å². The average molecular weight is 204 g/mol. The van der Waals surface area contributed by atoms with Crippen molar-refractivity contribution in [3.63, 3.8) is 0 Å². The lowest BCUT2D eigenvalue weighted by Gasteiger charge is -2.25. The molecule has 1 aromatic carbocycles. The second-order valence-electron chi connectivity index (χ2n) is 4.36. The predicted molar refractivity (Wildman–Crippen MR) is 64.5 cm³/mol. The van der Waals surface area contributed by atoms with Crippen LogP contribution in [-0.2, 0) is 13.1 Å². The minimum absolute atomic E-state index is 0.705. The van der Waals surface area contributed by atoms with Crippen molar-refractivity contribution in [1.82, 2.24) is 4.90 Å². The molecule has 0 saturated carbocycles. The summed E-state index contributed by atoms with van der Waals surface area (Å²) in [6.45, 7) is 6.64. The average Bonchev–Trinajstić information content (AvgIpc) is 2.65. The van der Waals surface area contributed by atoms with E-state index in [2.05, 4.69) is 30.9 Å². The maximum atomic E-state index is 5.99. The topological polar surface area (TPSA) is 29.3 Å². The highest BCUT2D eigenvalue weighted by atomic mass is 15.2. The van der Waals surface area contributed by atoms with E-state index in [0.29, 0.717) is 6.04 Å². The first-order valence-electron chi connectivity index (χ1n) is 5.86. The summed E-state index contributed by atoms with van der Waals surface area (Å²) in [6.07, 6.45) is 2.45. The van der Waals surface area contributed by atoms with Crippen LogP contribution in [0.15, 0.2) is 18.2 Å². The standard InChI is InChI=1S/C13H20N2/c1-3-11(4-2)15-8-10-6-5-7-13(14)12(10)9-15/h5-7,11H,3-4,8-9,14H2,1-2H3. The van der Waals surface area contributed by atoms with E-state index in [4.69, 9.17) is 5.73 Å². The minimum atomic E-state index is 0.705. The number of hydrogen-bond acceptors (Lipinski definition) is 2. The second-order valence-corrected chi connectivity index (χ2v) is 4.36. The molecule has 0 unspecified atom stereocenters. The van der Waals surface area contributed by atoms with Crippen molar-refractivity contribution >= 4 is 5.69 Å². The van der Waals surface area contributed by atoms with Crippen LogP contribution in [0.2, 0.25) is 0 Å². The summed E-state index contributed by atoms with van der Waals surface area (Å²) in [5.74, 6) is 0. The number of anilines is 1. The molecule has 1 aliphatic rings. The van der Waals surface area contributed by atoms with Crippen molar-refractivity contribution in [1.29, 1.82) is 0 Å². The van der Waals surface area contributed by atoms with E-state index in [-0.39, 0.29) is 0 Å². The third kappa shape index (κ3) is 1.86. The van der Waals surface area contributed by atoms with Gasteiger partial charge in [-0.1, -0.05) is 26.0 Å². The van der Waals surface area contributed by atoms with Gasteiger partial charge in [-0.2, -0.15) is 0 Å². The van der Waals surface area contributed by atoms with Crippen molar-refractivity contribution in [3.05, 3.63) is 29.3 Å². The zero-order valence-corrected chi connectivity index (χ0v) is 9.66. The molecule has 0 spiro atoms. The number of fused-ring (bicyclic) bond motifs is 1. The fourth-order valence-corrected chi connectivity index (χ4v) is 2.54. The van der Waals surface area contributed by atoms with Crippen LogP contribution in [0.5, 0.6) is 0 Å². The van der Waals surface area contributed by atoms with E-state index >= 15 is 0 Å².